The van der Waals surface area contributed by atoms with E-state index in [2.05, 4.69) is 4.90 Å². The van der Waals surface area contributed by atoms with E-state index in [0.717, 1.165) is 51.8 Å². The second-order valence-corrected chi connectivity index (χ2v) is 6.04. The molecule has 3 rings (SSSR count). The van der Waals surface area contributed by atoms with Gasteiger partial charge >= 0.3 is 0 Å². The minimum absolute atomic E-state index is 0.178. The smallest absolute Gasteiger partial charge is 0.116 e. The Morgan fingerprint density at radius 2 is 1.76 bits per heavy atom. The molecular weight excluding hydrogens is 217 g/mol. The first-order valence-electron chi connectivity index (χ1n) is 7.31. The number of alkyl halides is 1. The van der Waals surface area contributed by atoms with Gasteiger partial charge in [0.1, 0.15) is 6.17 Å². The first-order chi connectivity index (χ1) is 8.29. The Labute approximate surface area is 104 Å². The maximum atomic E-state index is 13.9. The molecule has 1 spiro atoms. The van der Waals surface area contributed by atoms with Crippen molar-refractivity contribution in [3.8, 4) is 0 Å². The van der Waals surface area contributed by atoms with Gasteiger partial charge in [-0.3, -0.25) is 4.90 Å². The number of hydrogen-bond acceptors (Lipinski definition) is 2. The van der Waals surface area contributed by atoms with Crippen LogP contribution in [0.15, 0.2) is 0 Å². The average Bonchev–Trinajstić information content (AvgIpc) is 2.80. The van der Waals surface area contributed by atoms with E-state index in [4.69, 9.17) is 4.74 Å². The summed E-state index contributed by atoms with van der Waals surface area (Å²) >= 11 is 0. The second kappa shape index (κ2) is 4.85. The fourth-order valence-electron chi connectivity index (χ4n) is 3.89. The molecular formula is C14H24FNO. The van der Waals surface area contributed by atoms with Gasteiger partial charge in [-0.05, 0) is 38.5 Å². The monoisotopic (exact) mass is 241 g/mol. The zero-order valence-corrected chi connectivity index (χ0v) is 10.7. The quantitative estimate of drug-likeness (QED) is 0.700. The van der Waals surface area contributed by atoms with Crippen LogP contribution < -0.4 is 0 Å². The fourth-order valence-corrected chi connectivity index (χ4v) is 3.89. The Morgan fingerprint density at radius 3 is 2.41 bits per heavy atom. The molecule has 2 nitrogen and oxygen atoms in total. The van der Waals surface area contributed by atoms with Gasteiger partial charge < -0.3 is 4.74 Å². The van der Waals surface area contributed by atoms with Crippen LogP contribution in [0.4, 0.5) is 4.39 Å². The predicted molar refractivity (Wildman–Crippen MR) is 65.9 cm³/mol. The lowest BCUT2D eigenvalue weighted by molar-refractivity contribution is -0.0611. The van der Waals surface area contributed by atoms with Gasteiger partial charge in [0.05, 0.1) is 5.60 Å². The van der Waals surface area contributed by atoms with Crippen molar-refractivity contribution in [2.45, 2.75) is 69.2 Å². The zero-order valence-electron chi connectivity index (χ0n) is 10.7. The molecule has 3 heteroatoms. The third kappa shape index (κ3) is 2.37. The summed E-state index contributed by atoms with van der Waals surface area (Å²) in [4.78, 5) is 2.40. The van der Waals surface area contributed by atoms with Crippen LogP contribution in [0.2, 0.25) is 0 Å². The molecule has 2 unspecified atom stereocenters. The Balaban J connectivity index is 1.57. The summed E-state index contributed by atoms with van der Waals surface area (Å²) in [6.07, 6.45) is 8.24. The molecule has 0 aromatic rings. The maximum absolute atomic E-state index is 13.9. The number of halogens is 1. The highest BCUT2D eigenvalue weighted by Gasteiger charge is 2.41. The molecule has 1 saturated carbocycles. The van der Waals surface area contributed by atoms with Gasteiger partial charge in [0, 0.05) is 25.7 Å². The summed E-state index contributed by atoms with van der Waals surface area (Å²) in [5, 5.41) is 0. The number of nitrogens with zero attached hydrogens (tertiary/aromatic N) is 1. The standard InChI is InChI=1S/C14H24FNO/c15-12-4-1-2-5-13(12)16-9-7-14(8-10-16)6-3-11-17-14/h12-13H,1-11H2. The van der Waals surface area contributed by atoms with Crippen molar-refractivity contribution in [2.24, 2.45) is 0 Å². The number of piperidine rings is 1. The molecule has 2 saturated heterocycles. The molecule has 1 aliphatic carbocycles. The highest BCUT2D eigenvalue weighted by molar-refractivity contribution is 4.94. The summed E-state index contributed by atoms with van der Waals surface area (Å²) in [6, 6.07) is 0.211. The summed E-state index contributed by atoms with van der Waals surface area (Å²) in [5.74, 6) is 0. The molecule has 2 atom stereocenters. The number of ether oxygens (including phenoxy) is 1. The Morgan fingerprint density at radius 1 is 1.00 bits per heavy atom. The van der Waals surface area contributed by atoms with Crippen molar-refractivity contribution in [1.29, 1.82) is 0 Å². The lowest BCUT2D eigenvalue weighted by Crippen LogP contribution is -2.51. The number of rotatable bonds is 1. The number of likely N-dealkylation sites (tertiary alicyclic amines) is 1. The summed E-state index contributed by atoms with van der Waals surface area (Å²) in [5.41, 5.74) is 0.178. The van der Waals surface area contributed by atoms with Crippen molar-refractivity contribution in [3.05, 3.63) is 0 Å². The lowest BCUT2D eigenvalue weighted by Gasteiger charge is -2.44. The maximum Gasteiger partial charge on any atom is 0.116 e. The van der Waals surface area contributed by atoms with E-state index in [9.17, 15) is 4.39 Å². The van der Waals surface area contributed by atoms with E-state index in [-0.39, 0.29) is 11.6 Å². The highest BCUT2D eigenvalue weighted by atomic mass is 19.1. The van der Waals surface area contributed by atoms with Gasteiger partial charge in [0.15, 0.2) is 0 Å². The van der Waals surface area contributed by atoms with Crippen molar-refractivity contribution >= 4 is 0 Å². The van der Waals surface area contributed by atoms with Crippen LogP contribution in [-0.2, 0) is 4.74 Å². The second-order valence-electron chi connectivity index (χ2n) is 6.04. The average molecular weight is 241 g/mol. The van der Waals surface area contributed by atoms with Gasteiger partial charge in [-0.2, -0.15) is 0 Å². The molecule has 0 amide bonds. The van der Waals surface area contributed by atoms with Crippen LogP contribution >= 0.6 is 0 Å². The third-order valence-corrected chi connectivity index (χ3v) is 5.01. The molecule has 17 heavy (non-hydrogen) atoms. The van der Waals surface area contributed by atoms with Gasteiger partial charge in [0.2, 0.25) is 0 Å². The Bertz CT molecular complexity index is 255. The minimum Gasteiger partial charge on any atom is -0.375 e. The number of hydrogen-bond donors (Lipinski definition) is 0. The van der Waals surface area contributed by atoms with Gasteiger partial charge in [-0.25, -0.2) is 4.39 Å². The molecule has 0 radical (unpaired) electrons. The molecule has 0 N–H and O–H groups in total. The van der Waals surface area contributed by atoms with Crippen molar-refractivity contribution < 1.29 is 9.13 Å². The van der Waals surface area contributed by atoms with Crippen LogP contribution in [0, 0.1) is 0 Å². The van der Waals surface area contributed by atoms with Crippen LogP contribution in [-0.4, -0.2) is 42.4 Å². The highest BCUT2D eigenvalue weighted by Crippen LogP contribution is 2.37. The van der Waals surface area contributed by atoms with E-state index < -0.39 is 6.17 Å². The van der Waals surface area contributed by atoms with Gasteiger partial charge in [0.25, 0.3) is 0 Å². The summed E-state index contributed by atoms with van der Waals surface area (Å²) < 4.78 is 19.9. The SMILES string of the molecule is FC1CCCCC1N1CCC2(CCCO2)CC1. The van der Waals surface area contributed by atoms with E-state index in [1.54, 1.807) is 0 Å². The molecule has 98 valence electrons. The van der Waals surface area contributed by atoms with Crippen molar-refractivity contribution in [2.75, 3.05) is 19.7 Å². The minimum atomic E-state index is -0.581. The van der Waals surface area contributed by atoms with Gasteiger partial charge in [-0.15, -0.1) is 0 Å². The molecule has 2 aliphatic heterocycles. The van der Waals surface area contributed by atoms with E-state index in [1.165, 1.54) is 19.3 Å². The molecule has 0 aromatic carbocycles. The Hall–Kier alpha value is -0.150. The Kier molecular flexibility index (Phi) is 3.40. The summed E-state index contributed by atoms with van der Waals surface area (Å²) in [7, 11) is 0. The largest absolute Gasteiger partial charge is 0.375 e. The van der Waals surface area contributed by atoms with Crippen molar-refractivity contribution in [3.63, 3.8) is 0 Å². The molecule has 2 heterocycles. The molecule has 0 bridgehead atoms. The van der Waals surface area contributed by atoms with E-state index in [1.807, 2.05) is 0 Å². The van der Waals surface area contributed by atoms with E-state index in [0.29, 0.717) is 0 Å². The first-order valence-corrected chi connectivity index (χ1v) is 7.31. The van der Waals surface area contributed by atoms with Crippen LogP contribution in [0.1, 0.15) is 51.4 Å². The van der Waals surface area contributed by atoms with Gasteiger partial charge in [-0.1, -0.05) is 12.8 Å². The predicted octanol–water partition coefficient (Wildman–Crippen LogP) is 2.91. The fraction of sp³-hybridized carbons (Fsp3) is 1.00. The summed E-state index contributed by atoms with van der Waals surface area (Å²) in [6.45, 7) is 3.03. The topological polar surface area (TPSA) is 12.5 Å². The van der Waals surface area contributed by atoms with Crippen molar-refractivity contribution in [1.82, 2.24) is 4.90 Å². The van der Waals surface area contributed by atoms with Crippen LogP contribution in [0.3, 0.4) is 0 Å². The zero-order chi connectivity index (χ0) is 11.7. The normalized spacial score (nSPS) is 38.6. The van der Waals surface area contributed by atoms with Crippen LogP contribution in [0.5, 0.6) is 0 Å². The lowest BCUT2D eigenvalue weighted by atomic mass is 9.85. The first kappa shape index (κ1) is 11.9. The van der Waals surface area contributed by atoms with E-state index >= 15 is 0 Å². The molecule has 3 aliphatic rings. The third-order valence-electron chi connectivity index (χ3n) is 5.01. The molecule has 3 fully saturated rings. The molecule has 0 aromatic heterocycles. The van der Waals surface area contributed by atoms with Crippen LogP contribution in [0.25, 0.3) is 0 Å².